The van der Waals surface area contributed by atoms with Gasteiger partial charge in [-0.1, -0.05) is 37.6 Å². The van der Waals surface area contributed by atoms with Gasteiger partial charge in [-0.25, -0.2) is 4.68 Å². The molecule has 0 bridgehead atoms. The van der Waals surface area contributed by atoms with E-state index in [1.807, 2.05) is 18.5 Å². The number of nitrogens with zero attached hydrogens (tertiary/aromatic N) is 2. The van der Waals surface area contributed by atoms with Crippen molar-refractivity contribution in [3.63, 3.8) is 0 Å². The Morgan fingerprint density at radius 3 is 2.33 bits per heavy atom. The van der Waals surface area contributed by atoms with Gasteiger partial charge in [0.1, 0.15) is 0 Å². The van der Waals surface area contributed by atoms with E-state index >= 15 is 0 Å². The monoisotopic (exact) mass is 305 g/mol. The standard InChI is InChI=1S/C17H24ClN3/c1-5-11-19-16(6-2)14-7-9-15(10-8-14)21-13(4)17(18)12(3)20-21/h7-10,16,19H,5-6,11H2,1-4H3. The molecule has 3 nitrogen and oxygen atoms in total. The molecule has 1 aromatic carbocycles. The first-order chi connectivity index (χ1) is 10.1. The summed E-state index contributed by atoms with van der Waals surface area (Å²) < 4.78 is 1.90. The molecule has 0 spiro atoms. The molecule has 1 heterocycles. The molecule has 21 heavy (non-hydrogen) atoms. The summed E-state index contributed by atoms with van der Waals surface area (Å²) in [6.45, 7) is 9.38. The van der Waals surface area contributed by atoms with Crippen molar-refractivity contribution in [3.05, 3.63) is 46.2 Å². The Bertz CT molecular complexity index is 587. The van der Waals surface area contributed by atoms with Crippen molar-refractivity contribution in [1.29, 1.82) is 0 Å². The molecule has 0 aliphatic carbocycles. The van der Waals surface area contributed by atoms with Gasteiger partial charge >= 0.3 is 0 Å². The smallest absolute Gasteiger partial charge is 0.0848 e. The molecule has 1 unspecified atom stereocenters. The fraction of sp³-hybridized carbons (Fsp3) is 0.471. The predicted molar refractivity (Wildman–Crippen MR) is 89.4 cm³/mol. The minimum atomic E-state index is 0.419. The highest BCUT2D eigenvalue weighted by atomic mass is 35.5. The van der Waals surface area contributed by atoms with Gasteiger partial charge in [0.25, 0.3) is 0 Å². The van der Waals surface area contributed by atoms with E-state index < -0.39 is 0 Å². The number of hydrogen-bond acceptors (Lipinski definition) is 2. The van der Waals surface area contributed by atoms with Crippen LogP contribution in [0.1, 0.15) is 49.7 Å². The maximum atomic E-state index is 6.22. The van der Waals surface area contributed by atoms with Gasteiger partial charge in [0.2, 0.25) is 0 Å². The lowest BCUT2D eigenvalue weighted by Gasteiger charge is -2.17. The van der Waals surface area contributed by atoms with Crippen molar-refractivity contribution in [2.24, 2.45) is 0 Å². The summed E-state index contributed by atoms with van der Waals surface area (Å²) in [5.41, 5.74) is 4.23. The molecule has 0 fully saturated rings. The summed E-state index contributed by atoms with van der Waals surface area (Å²) in [5.74, 6) is 0. The van der Waals surface area contributed by atoms with Gasteiger partial charge in [-0.3, -0.25) is 0 Å². The molecule has 0 aliphatic rings. The number of nitrogens with one attached hydrogen (secondary N) is 1. The van der Waals surface area contributed by atoms with Crippen molar-refractivity contribution in [3.8, 4) is 5.69 Å². The van der Waals surface area contributed by atoms with Crippen molar-refractivity contribution >= 4 is 11.6 Å². The lowest BCUT2D eigenvalue weighted by atomic mass is 10.0. The zero-order chi connectivity index (χ0) is 15.4. The third-order valence-corrected chi connectivity index (χ3v) is 4.34. The minimum Gasteiger partial charge on any atom is -0.310 e. The lowest BCUT2D eigenvalue weighted by molar-refractivity contribution is 0.518. The highest BCUT2D eigenvalue weighted by Crippen LogP contribution is 2.24. The van der Waals surface area contributed by atoms with E-state index in [1.54, 1.807) is 0 Å². The first kappa shape index (κ1) is 16.1. The molecule has 0 saturated heterocycles. The van der Waals surface area contributed by atoms with Crippen LogP contribution in [-0.4, -0.2) is 16.3 Å². The van der Waals surface area contributed by atoms with Gasteiger partial charge in [0.15, 0.2) is 0 Å². The SMILES string of the molecule is CCCNC(CC)c1ccc(-n2nc(C)c(Cl)c2C)cc1. The lowest BCUT2D eigenvalue weighted by Crippen LogP contribution is -2.21. The van der Waals surface area contributed by atoms with E-state index in [2.05, 4.69) is 48.5 Å². The van der Waals surface area contributed by atoms with Crippen LogP contribution in [-0.2, 0) is 0 Å². The second-order valence-corrected chi connectivity index (χ2v) is 5.78. The third kappa shape index (κ3) is 3.47. The maximum absolute atomic E-state index is 6.22. The molecule has 2 rings (SSSR count). The van der Waals surface area contributed by atoms with Gasteiger partial charge < -0.3 is 5.32 Å². The summed E-state index contributed by atoms with van der Waals surface area (Å²) in [6, 6.07) is 9.00. The molecule has 1 aromatic heterocycles. The highest BCUT2D eigenvalue weighted by Gasteiger charge is 2.12. The number of rotatable bonds is 6. The van der Waals surface area contributed by atoms with Crippen molar-refractivity contribution in [2.45, 2.75) is 46.6 Å². The molecular formula is C17H24ClN3. The Balaban J connectivity index is 2.23. The van der Waals surface area contributed by atoms with Gasteiger partial charge in [-0.2, -0.15) is 5.10 Å². The third-order valence-electron chi connectivity index (χ3n) is 3.79. The molecule has 114 valence electrons. The molecule has 4 heteroatoms. The second-order valence-electron chi connectivity index (χ2n) is 5.40. The molecule has 0 saturated carbocycles. The first-order valence-electron chi connectivity index (χ1n) is 7.63. The second kappa shape index (κ2) is 7.10. The number of benzene rings is 1. The molecule has 1 N–H and O–H groups in total. The van der Waals surface area contributed by atoms with Crippen LogP contribution in [0.5, 0.6) is 0 Å². The normalized spacial score (nSPS) is 12.6. The quantitative estimate of drug-likeness (QED) is 0.845. The van der Waals surface area contributed by atoms with Gasteiger partial charge in [0.05, 0.1) is 22.1 Å². The first-order valence-corrected chi connectivity index (χ1v) is 8.01. The van der Waals surface area contributed by atoms with Gasteiger partial charge in [-0.05, 0) is 50.9 Å². The number of hydrogen-bond donors (Lipinski definition) is 1. The largest absolute Gasteiger partial charge is 0.310 e. The van der Waals surface area contributed by atoms with Crippen LogP contribution in [0.25, 0.3) is 5.69 Å². The molecule has 2 aromatic rings. The Kier molecular flexibility index (Phi) is 5.43. The van der Waals surface area contributed by atoms with Crippen molar-refractivity contribution in [1.82, 2.24) is 15.1 Å². The molecule has 1 atom stereocenters. The summed E-state index contributed by atoms with van der Waals surface area (Å²) in [6.07, 6.45) is 2.24. The van der Waals surface area contributed by atoms with E-state index in [4.69, 9.17) is 11.6 Å². The Morgan fingerprint density at radius 1 is 1.19 bits per heavy atom. The Hall–Kier alpha value is -1.32. The van der Waals surface area contributed by atoms with Crippen LogP contribution in [0.4, 0.5) is 0 Å². The highest BCUT2D eigenvalue weighted by molar-refractivity contribution is 6.31. The average Bonchev–Trinajstić information content (AvgIpc) is 2.76. The van der Waals surface area contributed by atoms with Crippen LogP contribution in [0.15, 0.2) is 24.3 Å². The average molecular weight is 306 g/mol. The van der Waals surface area contributed by atoms with Crippen molar-refractivity contribution < 1.29 is 0 Å². The fourth-order valence-electron chi connectivity index (χ4n) is 2.54. The van der Waals surface area contributed by atoms with Crippen LogP contribution in [0, 0.1) is 13.8 Å². The molecular weight excluding hydrogens is 282 g/mol. The van der Waals surface area contributed by atoms with Crippen LogP contribution >= 0.6 is 11.6 Å². The number of halogens is 1. The zero-order valence-electron chi connectivity index (χ0n) is 13.3. The molecule has 0 aliphatic heterocycles. The van der Waals surface area contributed by atoms with E-state index in [9.17, 15) is 0 Å². The molecule has 0 amide bonds. The molecule has 0 radical (unpaired) electrons. The zero-order valence-corrected chi connectivity index (χ0v) is 14.0. The maximum Gasteiger partial charge on any atom is 0.0848 e. The Labute approximate surface area is 132 Å². The Morgan fingerprint density at radius 2 is 1.86 bits per heavy atom. The predicted octanol–water partition coefficient (Wildman–Crippen LogP) is 4.59. The minimum absolute atomic E-state index is 0.419. The summed E-state index contributed by atoms with van der Waals surface area (Å²) >= 11 is 6.22. The van der Waals surface area contributed by atoms with Crippen LogP contribution < -0.4 is 5.32 Å². The number of aryl methyl sites for hydroxylation is 1. The van der Waals surface area contributed by atoms with E-state index in [1.165, 1.54) is 5.56 Å². The van der Waals surface area contributed by atoms with Gasteiger partial charge in [0, 0.05) is 6.04 Å². The fourth-order valence-corrected chi connectivity index (χ4v) is 2.66. The summed E-state index contributed by atoms with van der Waals surface area (Å²) in [5, 5.41) is 8.81. The van der Waals surface area contributed by atoms with Crippen LogP contribution in [0.3, 0.4) is 0 Å². The van der Waals surface area contributed by atoms with E-state index in [0.29, 0.717) is 6.04 Å². The summed E-state index contributed by atoms with van der Waals surface area (Å²) in [4.78, 5) is 0. The number of aromatic nitrogens is 2. The van der Waals surface area contributed by atoms with E-state index in [-0.39, 0.29) is 0 Å². The topological polar surface area (TPSA) is 29.9 Å². The van der Waals surface area contributed by atoms with Gasteiger partial charge in [-0.15, -0.1) is 0 Å². The van der Waals surface area contributed by atoms with Crippen molar-refractivity contribution in [2.75, 3.05) is 6.54 Å². The van der Waals surface area contributed by atoms with E-state index in [0.717, 1.165) is 41.5 Å². The summed E-state index contributed by atoms with van der Waals surface area (Å²) in [7, 11) is 0. The van der Waals surface area contributed by atoms with Crippen LogP contribution in [0.2, 0.25) is 5.02 Å².